The standard InChI is InChI=1S/C24H32O4/c1-6-27-23(26)22(28-24(3,4)5)20-18-9-7-8-15(2)10-11-17(18)14-19(21(20)25)16-12-13-16/h7-9,14,16,22,25H,6,10-13H2,1-5H3. The number of aryl methyl sites for hydroxylation is 1. The quantitative estimate of drug-likeness (QED) is 0.672. The summed E-state index contributed by atoms with van der Waals surface area (Å²) in [4.78, 5) is 12.9. The van der Waals surface area contributed by atoms with Gasteiger partial charge in [0.2, 0.25) is 0 Å². The van der Waals surface area contributed by atoms with E-state index in [1.165, 1.54) is 5.57 Å². The number of carbonyl (C=O) groups is 1. The van der Waals surface area contributed by atoms with Gasteiger partial charge in [-0.3, -0.25) is 0 Å². The molecule has 0 radical (unpaired) electrons. The van der Waals surface area contributed by atoms with E-state index >= 15 is 0 Å². The molecule has 152 valence electrons. The molecule has 0 spiro atoms. The van der Waals surface area contributed by atoms with Crippen LogP contribution in [0.5, 0.6) is 5.75 Å². The van der Waals surface area contributed by atoms with Crippen LogP contribution in [0.3, 0.4) is 0 Å². The molecule has 2 aliphatic rings. The Morgan fingerprint density at radius 3 is 2.61 bits per heavy atom. The van der Waals surface area contributed by atoms with Crippen molar-refractivity contribution in [3.63, 3.8) is 0 Å². The van der Waals surface area contributed by atoms with Gasteiger partial charge in [0.15, 0.2) is 6.10 Å². The lowest BCUT2D eigenvalue weighted by Gasteiger charge is -2.29. The zero-order valence-corrected chi connectivity index (χ0v) is 17.7. The average molecular weight is 385 g/mol. The second kappa shape index (κ2) is 8.12. The van der Waals surface area contributed by atoms with Crippen LogP contribution in [0.25, 0.3) is 6.08 Å². The van der Waals surface area contributed by atoms with Crippen molar-refractivity contribution in [3.8, 4) is 5.75 Å². The van der Waals surface area contributed by atoms with Crippen LogP contribution >= 0.6 is 0 Å². The molecule has 1 atom stereocenters. The van der Waals surface area contributed by atoms with Crippen LogP contribution < -0.4 is 0 Å². The monoisotopic (exact) mass is 384 g/mol. The van der Waals surface area contributed by atoms with Gasteiger partial charge in [0.1, 0.15) is 5.75 Å². The second-order valence-corrected chi connectivity index (χ2v) is 8.81. The topological polar surface area (TPSA) is 55.8 Å². The summed E-state index contributed by atoms with van der Waals surface area (Å²) in [7, 11) is 0. The maximum atomic E-state index is 12.9. The van der Waals surface area contributed by atoms with Gasteiger partial charge in [-0.1, -0.05) is 29.9 Å². The van der Waals surface area contributed by atoms with Gasteiger partial charge in [-0.15, -0.1) is 0 Å². The van der Waals surface area contributed by atoms with Crippen molar-refractivity contribution in [2.75, 3.05) is 6.61 Å². The Labute approximate surface area is 168 Å². The minimum absolute atomic E-state index is 0.189. The average Bonchev–Trinajstić information content (AvgIpc) is 3.42. The summed E-state index contributed by atoms with van der Waals surface area (Å²) in [5.41, 5.74) is 4.29. The summed E-state index contributed by atoms with van der Waals surface area (Å²) >= 11 is 0. The third-order valence-corrected chi connectivity index (χ3v) is 5.18. The molecule has 3 rings (SSSR count). The molecule has 0 heterocycles. The van der Waals surface area contributed by atoms with Gasteiger partial charge in [-0.05, 0) is 82.9 Å². The molecule has 1 fully saturated rings. The molecule has 0 amide bonds. The van der Waals surface area contributed by atoms with E-state index in [1.807, 2.05) is 32.9 Å². The maximum absolute atomic E-state index is 12.9. The number of allylic oxidation sites excluding steroid dienone is 3. The number of phenols is 1. The summed E-state index contributed by atoms with van der Waals surface area (Å²) in [6.07, 6.45) is 9.09. The number of hydrogen-bond donors (Lipinski definition) is 1. The molecule has 0 aromatic heterocycles. The first-order valence-electron chi connectivity index (χ1n) is 10.3. The van der Waals surface area contributed by atoms with Crippen LogP contribution in [0, 0.1) is 0 Å². The van der Waals surface area contributed by atoms with Crippen molar-refractivity contribution in [3.05, 3.63) is 46.0 Å². The smallest absolute Gasteiger partial charge is 0.340 e. The minimum atomic E-state index is -0.957. The minimum Gasteiger partial charge on any atom is -0.507 e. The highest BCUT2D eigenvalue weighted by molar-refractivity contribution is 5.81. The second-order valence-electron chi connectivity index (χ2n) is 8.81. The molecule has 1 aromatic carbocycles. The van der Waals surface area contributed by atoms with Crippen molar-refractivity contribution >= 4 is 12.0 Å². The highest BCUT2D eigenvalue weighted by Crippen LogP contribution is 2.49. The summed E-state index contributed by atoms with van der Waals surface area (Å²) in [5, 5.41) is 11.2. The molecule has 0 saturated heterocycles. The highest BCUT2D eigenvalue weighted by Gasteiger charge is 2.37. The van der Waals surface area contributed by atoms with Gasteiger partial charge >= 0.3 is 5.97 Å². The van der Waals surface area contributed by atoms with Gasteiger partial charge in [0.25, 0.3) is 0 Å². The van der Waals surface area contributed by atoms with Crippen molar-refractivity contribution < 1.29 is 19.4 Å². The summed E-state index contributed by atoms with van der Waals surface area (Å²) < 4.78 is 11.5. The first kappa shape index (κ1) is 20.7. The lowest BCUT2D eigenvalue weighted by Crippen LogP contribution is -2.29. The lowest BCUT2D eigenvalue weighted by atomic mass is 9.87. The molecular formula is C24H32O4. The van der Waals surface area contributed by atoms with Crippen molar-refractivity contribution in [1.82, 2.24) is 0 Å². The van der Waals surface area contributed by atoms with Crippen LogP contribution in [0.1, 0.15) is 88.2 Å². The Morgan fingerprint density at radius 1 is 1.29 bits per heavy atom. The number of hydrogen-bond acceptors (Lipinski definition) is 4. The van der Waals surface area contributed by atoms with Crippen molar-refractivity contribution in [2.24, 2.45) is 0 Å². The molecule has 0 bridgehead atoms. The number of ether oxygens (including phenoxy) is 2. The van der Waals surface area contributed by atoms with E-state index in [1.54, 1.807) is 6.92 Å². The number of benzene rings is 1. The Bertz CT molecular complexity index is 807. The van der Waals surface area contributed by atoms with Gasteiger partial charge < -0.3 is 14.6 Å². The molecule has 1 saturated carbocycles. The zero-order chi connectivity index (χ0) is 20.5. The van der Waals surface area contributed by atoms with Crippen LogP contribution in [0.15, 0.2) is 23.8 Å². The Hall–Kier alpha value is -2.07. The molecule has 4 heteroatoms. The number of aromatic hydroxyl groups is 1. The predicted octanol–water partition coefficient (Wildman–Crippen LogP) is 5.59. The largest absolute Gasteiger partial charge is 0.507 e. The SMILES string of the molecule is CCOC(=O)C(OC(C)(C)C)c1c(O)c(C2CC2)cc2c1C=CC=C(C)CC2. The van der Waals surface area contributed by atoms with E-state index in [2.05, 4.69) is 19.1 Å². The summed E-state index contributed by atoms with van der Waals surface area (Å²) in [5.74, 6) is 0.104. The molecule has 2 aliphatic carbocycles. The number of carbonyl (C=O) groups excluding carboxylic acids is 1. The Morgan fingerprint density at radius 2 is 2.00 bits per heavy atom. The zero-order valence-electron chi connectivity index (χ0n) is 17.7. The highest BCUT2D eigenvalue weighted by atomic mass is 16.6. The van der Waals surface area contributed by atoms with Crippen LogP contribution in [0.4, 0.5) is 0 Å². The predicted molar refractivity (Wildman–Crippen MR) is 111 cm³/mol. The first-order chi connectivity index (χ1) is 13.2. The van der Waals surface area contributed by atoms with E-state index in [-0.39, 0.29) is 12.4 Å². The van der Waals surface area contributed by atoms with Gasteiger partial charge in [0.05, 0.1) is 12.2 Å². The first-order valence-corrected chi connectivity index (χ1v) is 10.3. The molecule has 4 nitrogen and oxygen atoms in total. The Balaban J connectivity index is 2.20. The van der Waals surface area contributed by atoms with Gasteiger partial charge in [0, 0.05) is 5.56 Å². The van der Waals surface area contributed by atoms with Gasteiger partial charge in [-0.25, -0.2) is 4.79 Å². The molecule has 1 aromatic rings. The van der Waals surface area contributed by atoms with Gasteiger partial charge in [-0.2, -0.15) is 0 Å². The van der Waals surface area contributed by atoms with Crippen LogP contribution in [-0.2, 0) is 20.7 Å². The fourth-order valence-corrected chi connectivity index (χ4v) is 3.68. The fraction of sp³-hybridized carbons (Fsp3) is 0.542. The third kappa shape index (κ3) is 4.67. The van der Waals surface area contributed by atoms with E-state index in [0.29, 0.717) is 11.5 Å². The van der Waals surface area contributed by atoms with E-state index in [0.717, 1.165) is 42.4 Å². The fourth-order valence-electron chi connectivity index (χ4n) is 3.68. The van der Waals surface area contributed by atoms with Crippen LogP contribution in [-0.4, -0.2) is 23.3 Å². The van der Waals surface area contributed by atoms with Crippen molar-refractivity contribution in [2.45, 2.75) is 77.9 Å². The van der Waals surface area contributed by atoms with Crippen LogP contribution in [0.2, 0.25) is 0 Å². The maximum Gasteiger partial charge on any atom is 0.340 e. The normalized spacial score (nSPS) is 18.0. The van der Waals surface area contributed by atoms with Crippen molar-refractivity contribution in [1.29, 1.82) is 0 Å². The lowest BCUT2D eigenvalue weighted by molar-refractivity contribution is -0.167. The number of phenolic OH excluding ortho intramolecular Hbond substituents is 1. The third-order valence-electron chi connectivity index (χ3n) is 5.18. The molecular weight excluding hydrogens is 352 g/mol. The molecule has 1 N–H and O–H groups in total. The number of fused-ring (bicyclic) bond motifs is 1. The summed E-state index contributed by atoms with van der Waals surface area (Å²) in [6.45, 7) is 9.91. The Kier molecular flexibility index (Phi) is 5.99. The number of rotatable bonds is 5. The van der Waals surface area contributed by atoms with E-state index in [4.69, 9.17) is 9.47 Å². The molecule has 1 unspecified atom stereocenters. The number of esters is 1. The summed E-state index contributed by atoms with van der Waals surface area (Å²) in [6, 6.07) is 2.13. The van der Waals surface area contributed by atoms with E-state index < -0.39 is 17.7 Å². The molecule has 0 aliphatic heterocycles. The molecule has 28 heavy (non-hydrogen) atoms. The van der Waals surface area contributed by atoms with E-state index in [9.17, 15) is 9.90 Å².